The predicted octanol–water partition coefficient (Wildman–Crippen LogP) is 18.6. The van der Waals surface area contributed by atoms with Gasteiger partial charge in [-0.15, -0.1) is 0 Å². The fraction of sp³-hybridized carbons (Fsp3) is 0.939. The Labute approximate surface area is 517 Å². The molecule has 0 aromatic heterocycles. The first-order chi connectivity index (χ1) is 41.0. The molecule has 0 saturated heterocycles. The van der Waals surface area contributed by atoms with Gasteiger partial charge in [-0.25, -0.2) is 9.13 Å². The fourth-order valence-electron chi connectivity index (χ4n) is 9.94. The summed E-state index contributed by atoms with van der Waals surface area (Å²) >= 11 is 0. The number of aliphatic hydroxyl groups excluding tert-OH is 1. The molecule has 0 bridgehead atoms. The third-order valence-corrected chi connectivity index (χ3v) is 17.2. The molecule has 0 amide bonds. The Bertz CT molecular complexity index is 1650. The van der Waals surface area contributed by atoms with Gasteiger partial charge in [0.25, 0.3) is 0 Å². The van der Waals surface area contributed by atoms with E-state index >= 15 is 0 Å². The number of unbranched alkanes of at least 4 members (excludes halogenated alkanes) is 38. The van der Waals surface area contributed by atoms with Gasteiger partial charge >= 0.3 is 39.5 Å². The number of carbonyl (C=O) groups excluding carboxylic acids is 4. The van der Waals surface area contributed by atoms with Gasteiger partial charge in [0.1, 0.15) is 19.3 Å². The van der Waals surface area contributed by atoms with Gasteiger partial charge in [-0.3, -0.25) is 37.3 Å². The maximum atomic E-state index is 13.0. The van der Waals surface area contributed by atoms with Gasteiger partial charge in [-0.05, 0) is 31.6 Å². The van der Waals surface area contributed by atoms with Crippen LogP contribution in [0, 0.1) is 5.92 Å². The van der Waals surface area contributed by atoms with Crippen LogP contribution in [-0.2, 0) is 65.4 Å². The molecule has 0 aliphatic heterocycles. The summed E-state index contributed by atoms with van der Waals surface area (Å²) in [6, 6.07) is 0. The van der Waals surface area contributed by atoms with Gasteiger partial charge in [-0.2, -0.15) is 0 Å². The van der Waals surface area contributed by atoms with Crippen LogP contribution in [0.1, 0.15) is 336 Å². The van der Waals surface area contributed by atoms with E-state index in [1.807, 2.05) is 0 Å². The molecule has 85 heavy (non-hydrogen) atoms. The molecule has 0 spiro atoms. The molecule has 0 aromatic carbocycles. The van der Waals surface area contributed by atoms with E-state index in [0.29, 0.717) is 25.7 Å². The van der Waals surface area contributed by atoms with Crippen molar-refractivity contribution in [2.75, 3.05) is 39.6 Å². The summed E-state index contributed by atoms with van der Waals surface area (Å²) in [4.78, 5) is 72.1. The zero-order valence-electron chi connectivity index (χ0n) is 54.7. The Morgan fingerprint density at radius 2 is 0.541 bits per heavy atom. The molecule has 0 rings (SSSR count). The molecule has 0 radical (unpaired) electrons. The van der Waals surface area contributed by atoms with Crippen LogP contribution in [0.2, 0.25) is 0 Å². The number of hydrogen-bond acceptors (Lipinski definition) is 15. The Kier molecular flexibility index (Phi) is 58.3. The summed E-state index contributed by atoms with van der Waals surface area (Å²) in [5.41, 5.74) is 0. The van der Waals surface area contributed by atoms with E-state index in [0.717, 1.165) is 102 Å². The molecule has 504 valence electrons. The molecule has 0 aliphatic carbocycles. The van der Waals surface area contributed by atoms with Crippen molar-refractivity contribution >= 4 is 39.5 Å². The zero-order valence-corrected chi connectivity index (χ0v) is 56.5. The van der Waals surface area contributed by atoms with Gasteiger partial charge in [0.2, 0.25) is 0 Å². The minimum atomic E-state index is -4.94. The molecule has 3 N–H and O–H groups in total. The van der Waals surface area contributed by atoms with E-state index < -0.39 is 97.5 Å². The predicted molar refractivity (Wildman–Crippen MR) is 340 cm³/mol. The van der Waals surface area contributed by atoms with Crippen molar-refractivity contribution in [3.63, 3.8) is 0 Å². The van der Waals surface area contributed by atoms with E-state index in [-0.39, 0.29) is 25.7 Å². The highest BCUT2D eigenvalue weighted by Crippen LogP contribution is 2.45. The van der Waals surface area contributed by atoms with Crippen LogP contribution in [0.4, 0.5) is 0 Å². The van der Waals surface area contributed by atoms with Crippen molar-refractivity contribution in [2.24, 2.45) is 5.92 Å². The molecular formula is C66H128O17P2. The monoisotopic (exact) mass is 1250 g/mol. The van der Waals surface area contributed by atoms with E-state index in [2.05, 4.69) is 34.6 Å². The van der Waals surface area contributed by atoms with Crippen molar-refractivity contribution in [3.8, 4) is 0 Å². The van der Waals surface area contributed by atoms with Gasteiger partial charge < -0.3 is 33.8 Å². The van der Waals surface area contributed by atoms with Gasteiger partial charge in [0.05, 0.1) is 26.4 Å². The fourth-order valence-corrected chi connectivity index (χ4v) is 11.5. The van der Waals surface area contributed by atoms with Gasteiger partial charge in [-0.1, -0.05) is 285 Å². The molecule has 0 fully saturated rings. The molecule has 0 aromatic rings. The first kappa shape index (κ1) is 83.1. The van der Waals surface area contributed by atoms with Crippen molar-refractivity contribution < 1.29 is 80.2 Å². The molecule has 17 nitrogen and oxygen atoms in total. The summed E-state index contributed by atoms with van der Waals surface area (Å²) in [5, 5.41) is 10.5. The van der Waals surface area contributed by atoms with Crippen LogP contribution in [0.15, 0.2) is 0 Å². The summed E-state index contributed by atoms with van der Waals surface area (Å²) in [7, 11) is -9.88. The number of hydrogen-bond donors (Lipinski definition) is 3. The van der Waals surface area contributed by atoms with Crippen LogP contribution in [0.5, 0.6) is 0 Å². The third-order valence-electron chi connectivity index (χ3n) is 15.3. The van der Waals surface area contributed by atoms with E-state index in [9.17, 15) is 43.2 Å². The number of aliphatic hydroxyl groups is 1. The third kappa shape index (κ3) is 60.7. The summed E-state index contributed by atoms with van der Waals surface area (Å²) in [5.74, 6) is -1.42. The lowest BCUT2D eigenvalue weighted by Crippen LogP contribution is -2.30. The van der Waals surface area contributed by atoms with Crippen molar-refractivity contribution in [3.05, 3.63) is 0 Å². The molecule has 0 saturated carbocycles. The first-order valence-electron chi connectivity index (χ1n) is 34.6. The lowest BCUT2D eigenvalue weighted by Gasteiger charge is -2.21. The summed E-state index contributed by atoms with van der Waals surface area (Å²) in [6.45, 7) is 7.09. The number of ether oxygens (including phenoxy) is 4. The molecular weight excluding hydrogens is 1130 g/mol. The second-order valence-corrected chi connectivity index (χ2v) is 27.2. The van der Waals surface area contributed by atoms with Gasteiger partial charge in [0.15, 0.2) is 12.2 Å². The minimum Gasteiger partial charge on any atom is -0.462 e. The number of esters is 4. The standard InChI is InChI=1S/C66H128O17P2/c1-6-9-12-15-17-19-21-23-24-25-26-27-29-31-36-41-46-51-65(70)83-62(56-77-64(69)50-45-40-35-30-28-22-20-18-16-13-10-7-2)58-81-85(74,75)79-54-60(67)53-78-84(72,73)80-57-61(55-76-63(68)49-44-38-14-11-8-3)82-66(71)52-47-42-37-33-32-34-39-43-48-59(4)5/h59-62,67H,6-58H2,1-5H3,(H,72,73)(H,74,75)/t60-,61+,62+/m0/s1. The maximum Gasteiger partial charge on any atom is 0.472 e. The average Bonchev–Trinajstić information content (AvgIpc) is 3.53. The number of phosphoric ester groups is 2. The second kappa shape index (κ2) is 59.7. The Hall–Kier alpha value is -1.94. The highest BCUT2D eigenvalue weighted by atomic mass is 31.2. The lowest BCUT2D eigenvalue weighted by atomic mass is 10.0. The van der Waals surface area contributed by atoms with Crippen molar-refractivity contribution in [1.82, 2.24) is 0 Å². The van der Waals surface area contributed by atoms with E-state index in [1.54, 1.807) is 0 Å². The highest BCUT2D eigenvalue weighted by Gasteiger charge is 2.30. The molecule has 19 heteroatoms. The number of phosphoric acid groups is 2. The van der Waals surface area contributed by atoms with Gasteiger partial charge in [0, 0.05) is 25.7 Å². The quantitative estimate of drug-likeness (QED) is 0.0222. The maximum absolute atomic E-state index is 13.0. The van der Waals surface area contributed by atoms with E-state index in [1.165, 1.54) is 154 Å². The number of carbonyl (C=O) groups is 4. The van der Waals surface area contributed by atoms with Crippen LogP contribution in [0.25, 0.3) is 0 Å². The smallest absolute Gasteiger partial charge is 0.462 e. The Morgan fingerprint density at radius 3 is 0.800 bits per heavy atom. The van der Waals surface area contributed by atoms with Crippen LogP contribution >= 0.6 is 15.6 Å². The minimum absolute atomic E-state index is 0.104. The normalized spacial score (nSPS) is 14.2. The largest absolute Gasteiger partial charge is 0.472 e. The Balaban J connectivity index is 5.15. The summed E-state index contributed by atoms with van der Waals surface area (Å²) < 4.78 is 67.9. The van der Waals surface area contributed by atoms with Crippen LogP contribution < -0.4 is 0 Å². The SMILES string of the molecule is CCCCCCCCCCCCCCCCCCCC(=O)O[C@H](COC(=O)CCCCCCCCCCCCCC)COP(=O)(O)OC[C@@H](O)COP(=O)(O)OC[C@@H](COC(=O)CCCCCCC)OC(=O)CCCCCCCCCCC(C)C. The van der Waals surface area contributed by atoms with Crippen LogP contribution in [0.3, 0.4) is 0 Å². The van der Waals surface area contributed by atoms with E-state index in [4.69, 9.17) is 37.0 Å². The molecule has 0 aliphatic rings. The average molecular weight is 1260 g/mol. The van der Waals surface area contributed by atoms with Crippen molar-refractivity contribution in [2.45, 2.75) is 355 Å². The Morgan fingerprint density at radius 1 is 0.318 bits per heavy atom. The topological polar surface area (TPSA) is 237 Å². The second-order valence-electron chi connectivity index (χ2n) is 24.3. The summed E-state index contributed by atoms with van der Waals surface area (Å²) in [6.07, 6.45) is 44.8. The number of rotatable bonds is 66. The molecule has 5 atom stereocenters. The molecule has 2 unspecified atom stereocenters. The highest BCUT2D eigenvalue weighted by molar-refractivity contribution is 7.47. The first-order valence-corrected chi connectivity index (χ1v) is 37.6. The molecule has 0 heterocycles. The van der Waals surface area contributed by atoms with Crippen molar-refractivity contribution in [1.29, 1.82) is 0 Å². The van der Waals surface area contributed by atoms with Crippen LogP contribution in [-0.4, -0.2) is 96.7 Å². The zero-order chi connectivity index (χ0) is 62.8. The lowest BCUT2D eigenvalue weighted by molar-refractivity contribution is -0.161.